The first-order valence-corrected chi connectivity index (χ1v) is 10.6. The molecule has 4 heteroatoms. The summed E-state index contributed by atoms with van der Waals surface area (Å²) in [5, 5.41) is 15.0. The van der Waals surface area contributed by atoms with Crippen molar-refractivity contribution >= 4 is 17.5 Å². The maximum Gasteiger partial charge on any atom is 0.223 e. The minimum absolute atomic E-state index is 0.0670. The van der Waals surface area contributed by atoms with Gasteiger partial charge < -0.3 is 10.4 Å². The predicted octanol–water partition coefficient (Wildman–Crippen LogP) is 4.19. The van der Waals surface area contributed by atoms with Gasteiger partial charge in [-0.1, -0.05) is 36.8 Å². The summed E-state index contributed by atoms with van der Waals surface area (Å²) in [7, 11) is 0. The monoisotopic (exact) mass is 373 g/mol. The standard InChI is InChI=1S/C22H28ClNO2/c23-21-10-14-9-17(12-21)18(22(26,11-14)13-21)19(15-5-2-1-3-6-15)24-20(25)16-7-4-8-16/h1-3,5-6,14,16-19,26H,4,7-13H2,(H,24,25)/t14-,17+,18-,19+,21+,22+/m1/s1. The maximum absolute atomic E-state index is 12.8. The third kappa shape index (κ3) is 2.70. The van der Waals surface area contributed by atoms with Crippen molar-refractivity contribution in [2.75, 3.05) is 0 Å². The summed E-state index contributed by atoms with van der Waals surface area (Å²) in [5.41, 5.74) is 0.369. The third-order valence-corrected chi connectivity index (χ3v) is 8.05. The molecule has 0 aliphatic heterocycles. The van der Waals surface area contributed by atoms with E-state index in [0.717, 1.165) is 50.5 Å². The quantitative estimate of drug-likeness (QED) is 0.777. The van der Waals surface area contributed by atoms with E-state index in [4.69, 9.17) is 11.6 Å². The van der Waals surface area contributed by atoms with Crippen LogP contribution in [0.1, 0.15) is 63.0 Å². The fraction of sp³-hybridized carbons (Fsp3) is 0.682. The first-order chi connectivity index (χ1) is 12.5. The summed E-state index contributed by atoms with van der Waals surface area (Å²) < 4.78 is 0. The van der Waals surface area contributed by atoms with E-state index in [9.17, 15) is 9.90 Å². The first-order valence-electron chi connectivity index (χ1n) is 10.2. The second-order valence-electron chi connectivity index (χ2n) is 9.46. The van der Waals surface area contributed by atoms with Crippen LogP contribution in [0.25, 0.3) is 0 Å². The van der Waals surface area contributed by atoms with Gasteiger partial charge in [-0.25, -0.2) is 0 Å². The lowest BCUT2D eigenvalue weighted by Crippen LogP contribution is -2.65. The zero-order chi connectivity index (χ0) is 17.9. The second kappa shape index (κ2) is 5.97. The van der Waals surface area contributed by atoms with Gasteiger partial charge in [0.05, 0.1) is 11.6 Å². The van der Waals surface area contributed by atoms with Crippen LogP contribution in [0.3, 0.4) is 0 Å². The number of carbonyl (C=O) groups excluding carboxylic acids is 1. The molecular formula is C22H28ClNO2. The van der Waals surface area contributed by atoms with E-state index in [0.29, 0.717) is 18.3 Å². The number of carbonyl (C=O) groups is 1. The number of benzene rings is 1. The van der Waals surface area contributed by atoms with Crippen LogP contribution in [-0.2, 0) is 4.79 Å². The smallest absolute Gasteiger partial charge is 0.223 e. The molecule has 6 atom stereocenters. The fourth-order valence-corrected chi connectivity index (χ4v) is 7.26. The summed E-state index contributed by atoms with van der Waals surface area (Å²) in [6, 6.07) is 10.1. The molecule has 4 bridgehead atoms. The van der Waals surface area contributed by atoms with Gasteiger partial charge in [0.2, 0.25) is 5.91 Å². The normalized spacial score (nSPS) is 42.3. The predicted molar refractivity (Wildman–Crippen MR) is 102 cm³/mol. The summed E-state index contributed by atoms with van der Waals surface area (Å²) in [6.45, 7) is 0. The number of alkyl halides is 1. The molecule has 1 aromatic rings. The highest BCUT2D eigenvalue weighted by atomic mass is 35.5. The zero-order valence-corrected chi connectivity index (χ0v) is 15.9. The minimum atomic E-state index is -0.751. The molecule has 3 nitrogen and oxygen atoms in total. The molecule has 2 N–H and O–H groups in total. The third-order valence-electron chi connectivity index (χ3n) is 7.60. The van der Waals surface area contributed by atoms with E-state index in [1.807, 2.05) is 18.2 Å². The molecule has 0 aromatic heterocycles. The molecule has 0 spiro atoms. The average molecular weight is 374 g/mol. The fourth-order valence-electron chi connectivity index (χ4n) is 6.62. The van der Waals surface area contributed by atoms with E-state index in [2.05, 4.69) is 17.4 Å². The lowest BCUT2D eigenvalue weighted by molar-refractivity contribution is -0.175. The Morgan fingerprint density at radius 1 is 1.19 bits per heavy atom. The molecule has 1 amide bonds. The second-order valence-corrected chi connectivity index (χ2v) is 10.3. The Hall–Kier alpha value is -1.06. The van der Waals surface area contributed by atoms with Gasteiger partial charge in [0.15, 0.2) is 0 Å². The van der Waals surface area contributed by atoms with Crippen LogP contribution in [0.5, 0.6) is 0 Å². The largest absolute Gasteiger partial charge is 0.389 e. The Labute approximate surface area is 160 Å². The Balaban J connectivity index is 1.49. The van der Waals surface area contributed by atoms with Crippen molar-refractivity contribution in [3.8, 4) is 0 Å². The number of rotatable bonds is 4. The number of aliphatic hydroxyl groups is 1. The van der Waals surface area contributed by atoms with Gasteiger partial charge in [-0.3, -0.25) is 4.79 Å². The highest BCUT2D eigenvalue weighted by Crippen LogP contribution is 2.64. The summed E-state index contributed by atoms with van der Waals surface area (Å²) in [6.07, 6.45) is 7.82. The lowest BCUT2D eigenvalue weighted by atomic mass is 9.47. The molecule has 1 aromatic carbocycles. The Kier molecular flexibility index (Phi) is 3.92. The van der Waals surface area contributed by atoms with Gasteiger partial charge in [-0.15, -0.1) is 11.6 Å². The van der Waals surface area contributed by atoms with Crippen LogP contribution in [0.15, 0.2) is 30.3 Å². The molecule has 0 heterocycles. The molecule has 0 unspecified atom stereocenters. The van der Waals surface area contributed by atoms with Gasteiger partial charge in [0.1, 0.15) is 0 Å². The van der Waals surface area contributed by atoms with Crippen molar-refractivity contribution in [2.24, 2.45) is 23.7 Å². The van der Waals surface area contributed by atoms with E-state index in [1.54, 1.807) is 0 Å². The molecule has 5 aliphatic carbocycles. The molecular weight excluding hydrogens is 346 g/mol. The summed E-state index contributed by atoms with van der Waals surface area (Å²) in [4.78, 5) is 12.6. The molecule has 5 fully saturated rings. The van der Waals surface area contributed by atoms with Gasteiger partial charge in [0.25, 0.3) is 0 Å². The van der Waals surface area contributed by atoms with Crippen LogP contribution >= 0.6 is 11.6 Å². The molecule has 140 valence electrons. The van der Waals surface area contributed by atoms with Gasteiger partial charge in [-0.2, -0.15) is 0 Å². The van der Waals surface area contributed by atoms with Crippen LogP contribution in [0, 0.1) is 23.7 Å². The Morgan fingerprint density at radius 2 is 1.96 bits per heavy atom. The van der Waals surface area contributed by atoms with Crippen molar-refractivity contribution in [1.82, 2.24) is 5.32 Å². The van der Waals surface area contributed by atoms with E-state index in [1.165, 1.54) is 0 Å². The van der Waals surface area contributed by atoms with Crippen LogP contribution in [0.4, 0.5) is 0 Å². The number of halogens is 1. The molecule has 6 rings (SSSR count). The number of amides is 1. The average Bonchev–Trinajstić information content (AvgIpc) is 2.50. The zero-order valence-electron chi connectivity index (χ0n) is 15.2. The van der Waals surface area contributed by atoms with Gasteiger partial charge in [0, 0.05) is 16.7 Å². The van der Waals surface area contributed by atoms with Crippen LogP contribution in [0.2, 0.25) is 0 Å². The highest BCUT2D eigenvalue weighted by molar-refractivity contribution is 6.24. The topological polar surface area (TPSA) is 49.3 Å². The van der Waals surface area contributed by atoms with Crippen molar-refractivity contribution in [3.63, 3.8) is 0 Å². The first kappa shape index (κ1) is 17.1. The van der Waals surface area contributed by atoms with Gasteiger partial charge in [-0.05, 0) is 62.3 Å². The van der Waals surface area contributed by atoms with E-state index < -0.39 is 5.60 Å². The highest BCUT2D eigenvalue weighted by Gasteiger charge is 2.63. The van der Waals surface area contributed by atoms with Crippen molar-refractivity contribution < 1.29 is 9.90 Å². The molecule has 5 saturated carbocycles. The van der Waals surface area contributed by atoms with Gasteiger partial charge >= 0.3 is 0 Å². The maximum atomic E-state index is 12.8. The minimum Gasteiger partial charge on any atom is -0.389 e. The lowest BCUT2D eigenvalue weighted by Gasteiger charge is -2.63. The SMILES string of the molecule is O=C(N[C@@H](c1ccccc1)[C@H]1[C@H]2C[C@@H]3C[C@](Cl)(C2)C[C@@]1(O)C3)C1CCC1. The van der Waals surface area contributed by atoms with Crippen LogP contribution < -0.4 is 5.32 Å². The Bertz CT molecular complexity index is 705. The number of nitrogens with one attached hydrogen (secondary N) is 1. The number of hydrogen-bond donors (Lipinski definition) is 2. The van der Waals surface area contributed by atoms with Crippen molar-refractivity contribution in [3.05, 3.63) is 35.9 Å². The molecule has 5 aliphatic rings. The summed E-state index contributed by atoms with van der Waals surface area (Å²) >= 11 is 6.88. The van der Waals surface area contributed by atoms with Crippen molar-refractivity contribution in [1.29, 1.82) is 0 Å². The Morgan fingerprint density at radius 3 is 2.58 bits per heavy atom. The van der Waals surface area contributed by atoms with E-state index >= 15 is 0 Å². The van der Waals surface area contributed by atoms with Crippen LogP contribution in [-0.4, -0.2) is 21.5 Å². The molecule has 26 heavy (non-hydrogen) atoms. The van der Waals surface area contributed by atoms with Crippen molar-refractivity contribution in [2.45, 2.75) is 67.9 Å². The molecule has 0 radical (unpaired) electrons. The summed E-state index contributed by atoms with van der Waals surface area (Å²) in [5.74, 6) is 1.33. The number of hydrogen-bond acceptors (Lipinski definition) is 2. The van der Waals surface area contributed by atoms with E-state index in [-0.39, 0.29) is 28.7 Å². The molecule has 0 saturated heterocycles.